The second kappa shape index (κ2) is 10.8. The molecule has 1 aliphatic carbocycles. The summed E-state index contributed by atoms with van der Waals surface area (Å²) in [5.74, 6) is 0.824. The molecule has 2 aliphatic heterocycles. The minimum atomic E-state index is -0.363. The smallest absolute Gasteiger partial charge is 0.248 e. The van der Waals surface area contributed by atoms with Gasteiger partial charge in [0.25, 0.3) is 0 Å². The predicted octanol–water partition coefficient (Wildman–Crippen LogP) is 3.29. The summed E-state index contributed by atoms with van der Waals surface area (Å²) >= 11 is 0. The molecule has 2 bridgehead atoms. The van der Waals surface area contributed by atoms with E-state index in [1.807, 2.05) is 17.0 Å². The molecule has 176 valence electrons. The van der Waals surface area contributed by atoms with Gasteiger partial charge in [-0.1, -0.05) is 31.4 Å². The zero-order valence-corrected chi connectivity index (χ0v) is 19.3. The minimum Gasteiger partial charge on any atom is -0.396 e. The van der Waals surface area contributed by atoms with Crippen molar-refractivity contribution >= 4 is 11.8 Å². The van der Waals surface area contributed by atoms with Crippen molar-refractivity contribution in [2.75, 3.05) is 26.2 Å². The van der Waals surface area contributed by atoms with E-state index in [-0.39, 0.29) is 24.8 Å². The van der Waals surface area contributed by atoms with Crippen molar-refractivity contribution in [3.05, 3.63) is 35.4 Å². The molecule has 6 heteroatoms. The number of primary amides is 1. The highest BCUT2D eigenvalue weighted by molar-refractivity contribution is 5.92. The van der Waals surface area contributed by atoms with Crippen LogP contribution in [0, 0.1) is 5.92 Å². The third kappa shape index (κ3) is 5.52. The van der Waals surface area contributed by atoms with Gasteiger partial charge in [0, 0.05) is 43.7 Å². The van der Waals surface area contributed by atoms with Gasteiger partial charge in [0.15, 0.2) is 0 Å². The first kappa shape index (κ1) is 23.2. The predicted molar refractivity (Wildman–Crippen MR) is 125 cm³/mol. The largest absolute Gasteiger partial charge is 0.396 e. The van der Waals surface area contributed by atoms with Crippen molar-refractivity contribution in [3.63, 3.8) is 0 Å². The number of hydrogen-bond acceptors (Lipinski definition) is 4. The first-order valence-corrected chi connectivity index (χ1v) is 12.6. The number of piperidine rings is 1. The van der Waals surface area contributed by atoms with Crippen LogP contribution in [0.4, 0.5) is 0 Å². The summed E-state index contributed by atoms with van der Waals surface area (Å²) in [4.78, 5) is 29.0. The van der Waals surface area contributed by atoms with Crippen LogP contribution >= 0.6 is 0 Å². The fraction of sp³-hybridized carbons (Fsp3) is 0.692. The average molecular weight is 442 g/mol. The number of fused-ring (bicyclic) bond motifs is 2. The van der Waals surface area contributed by atoms with Crippen LogP contribution in [-0.2, 0) is 4.79 Å². The molecule has 1 aromatic carbocycles. The van der Waals surface area contributed by atoms with Gasteiger partial charge in [-0.3, -0.25) is 14.5 Å². The van der Waals surface area contributed by atoms with Gasteiger partial charge in [0.1, 0.15) is 0 Å². The number of nitrogens with zero attached hydrogens (tertiary/aromatic N) is 2. The fourth-order valence-electron chi connectivity index (χ4n) is 6.35. The Kier molecular flexibility index (Phi) is 7.84. The molecule has 6 nitrogen and oxygen atoms in total. The molecule has 3 N–H and O–H groups in total. The van der Waals surface area contributed by atoms with Crippen LogP contribution in [-0.4, -0.2) is 65.0 Å². The molecule has 2 heterocycles. The molecule has 2 atom stereocenters. The maximum atomic E-state index is 12.7. The third-order valence-corrected chi connectivity index (χ3v) is 8.04. The first-order valence-electron chi connectivity index (χ1n) is 12.6. The molecular formula is C26H39N3O3. The summed E-state index contributed by atoms with van der Waals surface area (Å²) in [6.07, 6.45) is 11.2. The van der Waals surface area contributed by atoms with Crippen LogP contribution in [0.5, 0.6) is 0 Å². The Bertz CT molecular complexity index is 778. The molecule has 0 spiro atoms. The van der Waals surface area contributed by atoms with E-state index in [4.69, 9.17) is 5.73 Å². The van der Waals surface area contributed by atoms with Crippen molar-refractivity contribution in [3.8, 4) is 0 Å². The lowest BCUT2D eigenvalue weighted by atomic mass is 9.84. The van der Waals surface area contributed by atoms with Crippen LogP contribution in [0.1, 0.15) is 86.0 Å². The summed E-state index contributed by atoms with van der Waals surface area (Å²) in [6, 6.07) is 8.92. The number of nitrogens with two attached hydrogens (primary N) is 1. The summed E-state index contributed by atoms with van der Waals surface area (Å²) in [7, 11) is 0. The highest BCUT2D eigenvalue weighted by atomic mass is 16.3. The third-order valence-electron chi connectivity index (χ3n) is 8.04. The Morgan fingerprint density at radius 1 is 1.06 bits per heavy atom. The van der Waals surface area contributed by atoms with Gasteiger partial charge in [0.2, 0.25) is 11.8 Å². The number of aliphatic hydroxyl groups is 1. The van der Waals surface area contributed by atoms with Gasteiger partial charge in [-0.15, -0.1) is 0 Å². The standard InChI is InChI=1S/C26H39N3O3/c27-26(32)21-8-4-7-20(15-21)22-16-23-9-10-24(17-22)29(23)13-12-28(25(31)11-14-30)18-19-5-2-1-3-6-19/h4,7-8,15,19,22-24,30H,1-3,5-6,9-14,16-18H2,(H2,27,32). The molecule has 0 radical (unpaired) electrons. The Balaban J connectivity index is 1.36. The molecule has 1 saturated carbocycles. The molecule has 3 fully saturated rings. The monoisotopic (exact) mass is 441 g/mol. The van der Waals surface area contributed by atoms with E-state index >= 15 is 0 Å². The Morgan fingerprint density at radius 3 is 2.44 bits per heavy atom. The zero-order valence-electron chi connectivity index (χ0n) is 19.3. The summed E-state index contributed by atoms with van der Waals surface area (Å²) < 4.78 is 0. The van der Waals surface area contributed by atoms with Gasteiger partial charge in [-0.25, -0.2) is 0 Å². The normalized spacial score (nSPS) is 26.2. The van der Waals surface area contributed by atoms with Crippen molar-refractivity contribution in [2.24, 2.45) is 11.7 Å². The number of amides is 2. The second-order valence-electron chi connectivity index (χ2n) is 10.1. The summed E-state index contributed by atoms with van der Waals surface area (Å²) in [5, 5.41) is 9.31. The van der Waals surface area contributed by atoms with Gasteiger partial charge in [-0.2, -0.15) is 0 Å². The molecule has 4 rings (SSSR count). The summed E-state index contributed by atoms with van der Waals surface area (Å²) in [6.45, 7) is 2.48. The van der Waals surface area contributed by atoms with Crippen molar-refractivity contribution < 1.29 is 14.7 Å². The lowest BCUT2D eigenvalue weighted by molar-refractivity contribution is -0.133. The highest BCUT2D eigenvalue weighted by Gasteiger charge is 2.41. The molecule has 2 amide bonds. The van der Waals surface area contributed by atoms with E-state index < -0.39 is 0 Å². The van der Waals surface area contributed by atoms with Crippen LogP contribution in [0.2, 0.25) is 0 Å². The number of benzene rings is 1. The van der Waals surface area contributed by atoms with Crippen LogP contribution in [0.25, 0.3) is 0 Å². The number of hydrogen-bond donors (Lipinski definition) is 2. The van der Waals surface area contributed by atoms with Gasteiger partial charge >= 0.3 is 0 Å². The fourth-order valence-corrected chi connectivity index (χ4v) is 6.35. The molecule has 1 aromatic rings. The molecular weight excluding hydrogens is 402 g/mol. The Hall–Kier alpha value is -1.92. The van der Waals surface area contributed by atoms with Crippen LogP contribution < -0.4 is 5.73 Å². The number of carbonyl (C=O) groups is 2. The van der Waals surface area contributed by atoms with Gasteiger partial charge < -0.3 is 15.7 Å². The lowest BCUT2D eigenvalue weighted by Gasteiger charge is -2.40. The molecule has 2 unspecified atom stereocenters. The highest BCUT2D eigenvalue weighted by Crippen LogP contribution is 2.43. The van der Waals surface area contributed by atoms with Crippen LogP contribution in [0.15, 0.2) is 24.3 Å². The molecule has 32 heavy (non-hydrogen) atoms. The second-order valence-corrected chi connectivity index (χ2v) is 10.1. The van der Waals surface area contributed by atoms with E-state index in [0.29, 0.717) is 29.5 Å². The zero-order chi connectivity index (χ0) is 22.5. The van der Waals surface area contributed by atoms with Crippen LogP contribution in [0.3, 0.4) is 0 Å². The number of carbonyl (C=O) groups excluding carboxylic acids is 2. The minimum absolute atomic E-state index is 0.0684. The summed E-state index contributed by atoms with van der Waals surface area (Å²) in [5.41, 5.74) is 7.31. The van der Waals surface area contributed by atoms with E-state index in [1.165, 1.54) is 50.5 Å². The average Bonchev–Trinajstić information content (AvgIpc) is 3.04. The Morgan fingerprint density at radius 2 is 1.78 bits per heavy atom. The SMILES string of the molecule is NC(=O)c1cccc(C2CC3CCC(C2)N3CCN(CC2CCCCC2)C(=O)CCO)c1. The Labute approximate surface area is 192 Å². The van der Waals surface area contributed by atoms with E-state index in [9.17, 15) is 14.7 Å². The van der Waals surface area contributed by atoms with Gasteiger partial charge in [-0.05, 0) is 68.1 Å². The van der Waals surface area contributed by atoms with Crippen molar-refractivity contribution in [2.45, 2.75) is 82.2 Å². The quantitative estimate of drug-likeness (QED) is 0.616. The number of aliphatic hydroxyl groups excluding tert-OH is 1. The first-order chi connectivity index (χ1) is 15.5. The number of rotatable bonds is 9. The van der Waals surface area contributed by atoms with Crippen molar-refractivity contribution in [1.82, 2.24) is 9.80 Å². The molecule has 2 saturated heterocycles. The maximum absolute atomic E-state index is 12.7. The van der Waals surface area contributed by atoms with E-state index in [2.05, 4.69) is 11.0 Å². The molecule has 3 aliphatic rings. The van der Waals surface area contributed by atoms with E-state index in [0.717, 1.165) is 32.5 Å². The van der Waals surface area contributed by atoms with Gasteiger partial charge in [0.05, 0.1) is 6.61 Å². The van der Waals surface area contributed by atoms with E-state index in [1.54, 1.807) is 6.07 Å². The van der Waals surface area contributed by atoms with Crippen molar-refractivity contribution in [1.29, 1.82) is 0 Å². The lowest BCUT2D eigenvalue weighted by Crippen LogP contribution is -2.47. The maximum Gasteiger partial charge on any atom is 0.248 e. The molecule has 0 aromatic heterocycles. The topological polar surface area (TPSA) is 86.9 Å².